The Morgan fingerprint density at radius 2 is 2.00 bits per heavy atom. The lowest BCUT2D eigenvalue weighted by atomic mass is 10.2. The van der Waals surface area contributed by atoms with Gasteiger partial charge in [-0.15, -0.1) is 11.3 Å². The van der Waals surface area contributed by atoms with Gasteiger partial charge in [-0.05, 0) is 49.1 Å². The number of hydrogen-bond donors (Lipinski definition) is 1. The van der Waals surface area contributed by atoms with E-state index >= 15 is 0 Å². The van der Waals surface area contributed by atoms with Crippen LogP contribution in [0.3, 0.4) is 0 Å². The molecule has 130 valence electrons. The van der Waals surface area contributed by atoms with Crippen molar-refractivity contribution in [3.63, 3.8) is 0 Å². The van der Waals surface area contributed by atoms with Gasteiger partial charge in [-0.1, -0.05) is 0 Å². The summed E-state index contributed by atoms with van der Waals surface area (Å²) in [6.07, 6.45) is 0. The number of ether oxygens (including phenoxy) is 1. The van der Waals surface area contributed by atoms with Gasteiger partial charge in [0.05, 0.1) is 11.5 Å². The molecule has 0 aliphatic heterocycles. The summed E-state index contributed by atoms with van der Waals surface area (Å²) in [5.74, 6) is -0.00337. The Balaban J connectivity index is 2.39. The van der Waals surface area contributed by atoms with E-state index in [1.165, 1.54) is 31.5 Å². The van der Waals surface area contributed by atoms with Crippen LogP contribution in [0.1, 0.15) is 22.2 Å². The molecule has 2 rings (SSSR count). The van der Waals surface area contributed by atoms with Gasteiger partial charge >= 0.3 is 0 Å². The number of benzene rings is 1. The molecule has 1 heterocycles. The predicted molar refractivity (Wildman–Crippen MR) is 95.5 cm³/mol. The van der Waals surface area contributed by atoms with Crippen molar-refractivity contribution in [1.29, 1.82) is 0 Å². The van der Waals surface area contributed by atoms with E-state index in [4.69, 9.17) is 4.74 Å². The molecule has 0 bridgehead atoms. The van der Waals surface area contributed by atoms with Gasteiger partial charge in [0.15, 0.2) is 0 Å². The van der Waals surface area contributed by atoms with Crippen LogP contribution in [-0.4, -0.2) is 39.3 Å². The second-order valence-electron chi connectivity index (χ2n) is 5.27. The van der Waals surface area contributed by atoms with Gasteiger partial charge in [0.25, 0.3) is 5.91 Å². The van der Waals surface area contributed by atoms with E-state index in [-0.39, 0.29) is 16.6 Å². The van der Waals surface area contributed by atoms with Crippen molar-refractivity contribution in [2.75, 3.05) is 26.0 Å². The number of sulfonamides is 1. The number of hydrogen-bond acceptors (Lipinski definition) is 5. The second-order valence-corrected chi connectivity index (χ2v) is 8.31. The number of aryl methyl sites for hydroxylation is 1. The number of carbonyl (C=O) groups is 1. The van der Waals surface area contributed by atoms with Crippen LogP contribution in [0.25, 0.3) is 0 Å². The van der Waals surface area contributed by atoms with Crippen LogP contribution in [-0.2, 0) is 10.0 Å². The van der Waals surface area contributed by atoms with E-state index in [9.17, 15) is 13.2 Å². The van der Waals surface area contributed by atoms with Crippen LogP contribution >= 0.6 is 11.3 Å². The maximum absolute atomic E-state index is 12.5. The van der Waals surface area contributed by atoms with E-state index in [1.54, 1.807) is 19.1 Å². The zero-order valence-corrected chi connectivity index (χ0v) is 15.6. The lowest BCUT2D eigenvalue weighted by Gasteiger charge is -2.16. The highest BCUT2D eigenvalue weighted by atomic mass is 32.2. The third-order valence-electron chi connectivity index (χ3n) is 3.33. The molecule has 1 aromatic carbocycles. The van der Waals surface area contributed by atoms with Crippen LogP contribution in [0.2, 0.25) is 0 Å². The Kier molecular flexibility index (Phi) is 5.63. The van der Waals surface area contributed by atoms with Gasteiger partial charge in [-0.2, -0.15) is 0 Å². The molecular formula is C16H20N2O4S2. The van der Waals surface area contributed by atoms with Crippen LogP contribution in [0.4, 0.5) is 5.69 Å². The van der Waals surface area contributed by atoms with Gasteiger partial charge < -0.3 is 10.1 Å². The quantitative estimate of drug-likeness (QED) is 0.850. The standard InChI is InChI=1S/C16H20N2O4S2/c1-5-22-13-7-6-12(10-14(13)24(20,21)18(3)4)17-16(19)15-11(2)8-9-23-15/h6-10H,5H2,1-4H3,(H,17,19). The van der Waals surface area contributed by atoms with Crippen LogP contribution < -0.4 is 10.1 Å². The van der Waals surface area contributed by atoms with Crippen LogP contribution in [0.15, 0.2) is 34.5 Å². The Bertz CT molecular complexity index is 842. The number of nitrogens with zero attached hydrogens (tertiary/aromatic N) is 1. The first kappa shape index (κ1) is 18.4. The number of nitrogens with one attached hydrogen (secondary N) is 1. The summed E-state index contributed by atoms with van der Waals surface area (Å²) in [5, 5.41) is 4.58. The number of carbonyl (C=O) groups excluding carboxylic acids is 1. The molecule has 6 nitrogen and oxygen atoms in total. The summed E-state index contributed by atoms with van der Waals surface area (Å²) in [6, 6.07) is 6.46. The van der Waals surface area contributed by atoms with Crippen molar-refractivity contribution in [2.24, 2.45) is 0 Å². The van der Waals surface area contributed by atoms with Gasteiger partial charge in [-0.25, -0.2) is 12.7 Å². The maximum atomic E-state index is 12.5. The fourth-order valence-electron chi connectivity index (χ4n) is 2.05. The minimum atomic E-state index is -3.69. The van der Waals surface area contributed by atoms with Crippen LogP contribution in [0, 0.1) is 6.92 Å². The minimum Gasteiger partial charge on any atom is -0.492 e. The van der Waals surface area contributed by atoms with Crippen molar-refractivity contribution in [3.8, 4) is 5.75 Å². The minimum absolute atomic E-state index is 0.0232. The summed E-state index contributed by atoms with van der Waals surface area (Å²) in [4.78, 5) is 12.9. The van der Waals surface area contributed by atoms with Gasteiger partial charge in [-0.3, -0.25) is 4.79 Å². The predicted octanol–water partition coefficient (Wildman–Crippen LogP) is 2.96. The van der Waals surface area contributed by atoms with Gasteiger partial charge in [0.1, 0.15) is 10.6 Å². The fraction of sp³-hybridized carbons (Fsp3) is 0.312. The Morgan fingerprint density at radius 3 is 2.54 bits per heavy atom. The average Bonchev–Trinajstić information content (AvgIpc) is 2.95. The molecule has 1 aromatic heterocycles. The average molecular weight is 368 g/mol. The van der Waals surface area contributed by atoms with E-state index < -0.39 is 10.0 Å². The molecule has 0 spiro atoms. The molecule has 24 heavy (non-hydrogen) atoms. The summed E-state index contributed by atoms with van der Waals surface area (Å²) in [6.45, 7) is 3.98. The third kappa shape index (κ3) is 3.77. The van der Waals surface area contributed by atoms with Crippen LogP contribution in [0.5, 0.6) is 5.75 Å². The van der Waals surface area contributed by atoms with Crippen molar-refractivity contribution >= 4 is 33.0 Å². The number of rotatable bonds is 6. The Hall–Kier alpha value is -1.90. The number of anilines is 1. The summed E-state index contributed by atoms with van der Waals surface area (Å²) in [5.41, 5.74) is 1.28. The zero-order chi connectivity index (χ0) is 17.9. The smallest absolute Gasteiger partial charge is 0.265 e. The number of thiophene rings is 1. The van der Waals surface area contributed by atoms with Gasteiger partial charge in [0.2, 0.25) is 10.0 Å². The lowest BCUT2D eigenvalue weighted by molar-refractivity contribution is 0.103. The molecule has 0 aliphatic carbocycles. The third-order valence-corrected chi connectivity index (χ3v) is 6.18. The van der Waals surface area contributed by atoms with Gasteiger partial charge in [0, 0.05) is 19.8 Å². The SMILES string of the molecule is CCOc1ccc(NC(=O)c2sccc2C)cc1S(=O)(=O)N(C)C. The molecular weight excluding hydrogens is 348 g/mol. The number of amides is 1. The molecule has 0 unspecified atom stereocenters. The lowest BCUT2D eigenvalue weighted by Crippen LogP contribution is -2.23. The first-order valence-electron chi connectivity index (χ1n) is 7.32. The zero-order valence-electron chi connectivity index (χ0n) is 14.0. The van der Waals surface area contributed by atoms with Crippen molar-refractivity contribution in [2.45, 2.75) is 18.7 Å². The molecule has 8 heteroatoms. The Morgan fingerprint density at radius 1 is 1.29 bits per heavy atom. The van der Waals surface area contributed by atoms with E-state index in [0.717, 1.165) is 9.87 Å². The van der Waals surface area contributed by atoms with Crippen molar-refractivity contribution < 1.29 is 17.9 Å². The summed E-state index contributed by atoms with van der Waals surface area (Å²) >= 11 is 1.34. The molecule has 2 aromatic rings. The molecule has 0 aliphatic rings. The molecule has 0 atom stereocenters. The molecule has 0 fully saturated rings. The van der Waals surface area contributed by atoms with Crippen molar-refractivity contribution in [1.82, 2.24) is 4.31 Å². The highest BCUT2D eigenvalue weighted by molar-refractivity contribution is 7.89. The summed E-state index contributed by atoms with van der Waals surface area (Å²) < 4.78 is 31.5. The van der Waals surface area contributed by atoms with E-state index in [1.807, 2.05) is 18.4 Å². The first-order chi connectivity index (χ1) is 11.3. The maximum Gasteiger partial charge on any atom is 0.265 e. The largest absolute Gasteiger partial charge is 0.492 e. The highest BCUT2D eigenvalue weighted by Crippen LogP contribution is 2.29. The Labute approximate surface area is 146 Å². The molecule has 0 radical (unpaired) electrons. The van der Waals surface area contributed by atoms with Crippen molar-refractivity contribution in [3.05, 3.63) is 40.1 Å². The topological polar surface area (TPSA) is 75.7 Å². The normalized spacial score (nSPS) is 11.5. The molecule has 1 N–H and O–H groups in total. The summed E-state index contributed by atoms with van der Waals surface area (Å²) in [7, 11) is -0.791. The fourth-order valence-corrected chi connectivity index (χ4v) is 3.92. The highest BCUT2D eigenvalue weighted by Gasteiger charge is 2.23. The molecule has 0 saturated carbocycles. The van der Waals surface area contributed by atoms with E-state index in [0.29, 0.717) is 17.2 Å². The monoisotopic (exact) mass is 368 g/mol. The van der Waals surface area contributed by atoms with E-state index in [2.05, 4.69) is 5.32 Å². The molecule has 1 amide bonds. The first-order valence-corrected chi connectivity index (χ1v) is 9.64. The second kappa shape index (κ2) is 7.33. The molecule has 0 saturated heterocycles.